The first-order chi connectivity index (χ1) is 5.27. The van der Waals surface area contributed by atoms with Crippen molar-refractivity contribution < 1.29 is 4.79 Å². The van der Waals surface area contributed by atoms with Crippen molar-refractivity contribution in [2.45, 2.75) is 19.8 Å². The molecule has 0 radical (unpaired) electrons. The molecule has 0 aromatic heterocycles. The van der Waals surface area contributed by atoms with E-state index in [2.05, 4.69) is 6.07 Å². The van der Waals surface area contributed by atoms with Gasteiger partial charge in [-0.05, 0) is 13.3 Å². The van der Waals surface area contributed by atoms with Gasteiger partial charge in [-0.3, -0.25) is 4.79 Å². The van der Waals surface area contributed by atoms with Crippen molar-refractivity contribution in [1.82, 2.24) is 4.90 Å². The Morgan fingerprint density at radius 3 is 3.00 bits per heavy atom. The van der Waals surface area contributed by atoms with Gasteiger partial charge >= 0.3 is 0 Å². The quantitative estimate of drug-likeness (QED) is 0.557. The van der Waals surface area contributed by atoms with E-state index in [0.29, 0.717) is 6.42 Å². The van der Waals surface area contributed by atoms with Crippen molar-refractivity contribution >= 4 is 5.91 Å². The number of hydrogen-bond acceptors (Lipinski definition) is 2. The Balaban J connectivity index is 2.49. The first kappa shape index (κ1) is 8.06. The van der Waals surface area contributed by atoms with Crippen LogP contribution in [0.3, 0.4) is 0 Å². The standard InChI is InChI=1S/C8H12N2O/c1-2-10-4-3-7(6-9)5-8(10)11/h7H,2-5H2,1H3. The summed E-state index contributed by atoms with van der Waals surface area (Å²) in [5.74, 6) is 0.0931. The fourth-order valence-corrected chi connectivity index (χ4v) is 1.32. The number of carbonyl (C=O) groups is 1. The van der Waals surface area contributed by atoms with E-state index >= 15 is 0 Å². The average molecular weight is 152 g/mol. The second kappa shape index (κ2) is 3.38. The number of carbonyl (C=O) groups excluding carboxylic acids is 1. The van der Waals surface area contributed by atoms with Crippen molar-refractivity contribution in [3.05, 3.63) is 0 Å². The fourth-order valence-electron chi connectivity index (χ4n) is 1.32. The van der Waals surface area contributed by atoms with Gasteiger partial charge < -0.3 is 4.90 Å². The highest BCUT2D eigenvalue weighted by Crippen LogP contribution is 2.16. The summed E-state index contributed by atoms with van der Waals surface area (Å²) in [6, 6.07) is 2.13. The van der Waals surface area contributed by atoms with Crippen LogP contribution in [-0.2, 0) is 4.79 Å². The zero-order valence-electron chi connectivity index (χ0n) is 6.71. The van der Waals surface area contributed by atoms with Crippen LogP contribution in [-0.4, -0.2) is 23.9 Å². The third kappa shape index (κ3) is 1.70. The molecule has 1 amide bonds. The highest BCUT2D eigenvalue weighted by Gasteiger charge is 2.23. The third-order valence-electron chi connectivity index (χ3n) is 2.09. The van der Waals surface area contributed by atoms with Crippen molar-refractivity contribution in [2.24, 2.45) is 5.92 Å². The molecule has 1 rings (SSSR count). The minimum absolute atomic E-state index is 0.0368. The molecular weight excluding hydrogens is 140 g/mol. The second-order valence-corrected chi connectivity index (χ2v) is 2.79. The molecule has 0 aromatic carbocycles. The number of hydrogen-bond donors (Lipinski definition) is 0. The van der Waals surface area contributed by atoms with Gasteiger partial charge in [0.15, 0.2) is 0 Å². The second-order valence-electron chi connectivity index (χ2n) is 2.79. The van der Waals surface area contributed by atoms with Gasteiger partial charge in [0.2, 0.25) is 5.91 Å². The van der Waals surface area contributed by atoms with Gasteiger partial charge in [0.05, 0.1) is 12.0 Å². The zero-order chi connectivity index (χ0) is 8.27. The maximum Gasteiger partial charge on any atom is 0.223 e. The van der Waals surface area contributed by atoms with Crippen LogP contribution in [0.15, 0.2) is 0 Å². The summed E-state index contributed by atoms with van der Waals surface area (Å²) in [5.41, 5.74) is 0. The number of likely N-dealkylation sites (tertiary alicyclic amines) is 1. The fraction of sp³-hybridized carbons (Fsp3) is 0.750. The third-order valence-corrected chi connectivity index (χ3v) is 2.09. The Hall–Kier alpha value is -1.04. The van der Waals surface area contributed by atoms with Gasteiger partial charge in [-0.25, -0.2) is 0 Å². The van der Waals surface area contributed by atoms with Crippen LogP contribution in [0.4, 0.5) is 0 Å². The molecule has 0 aliphatic carbocycles. The van der Waals surface area contributed by atoms with Crippen LogP contribution in [0, 0.1) is 17.2 Å². The smallest absolute Gasteiger partial charge is 0.223 e. The number of nitriles is 1. The number of amides is 1. The molecule has 1 saturated heterocycles. The lowest BCUT2D eigenvalue weighted by Gasteiger charge is -2.27. The molecule has 0 aromatic rings. The highest BCUT2D eigenvalue weighted by atomic mass is 16.2. The van der Waals surface area contributed by atoms with Gasteiger partial charge in [-0.1, -0.05) is 0 Å². The molecule has 0 saturated carbocycles. The normalized spacial score (nSPS) is 24.9. The van der Waals surface area contributed by atoms with Crippen molar-refractivity contribution in [1.29, 1.82) is 5.26 Å². The summed E-state index contributed by atoms with van der Waals surface area (Å²) < 4.78 is 0. The molecular formula is C8H12N2O. The summed E-state index contributed by atoms with van der Waals surface area (Å²) in [5, 5.41) is 8.55. The van der Waals surface area contributed by atoms with Crippen molar-refractivity contribution in [2.75, 3.05) is 13.1 Å². The molecule has 0 spiro atoms. The SMILES string of the molecule is CCN1CCC(C#N)CC1=O. The van der Waals surface area contributed by atoms with Gasteiger partial charge in [-0.15, -0.1) is 0 Å². The summed E-state index contributed by atoms with van der Waals surface area (Å²) in [4.78, 5) is 13.0. The van der Waals surface area contributed by atoms with E-state index in [1.54, 1.807) is 4.90 Å². The molecule has 3 heteroatoms. The molecule has 3 nitrogen and oxygen atoms in total. The average Bonchev–Trinajstić information content (AvgIpc) is 2.04. The van der Waals surface area contributed by atoms with Gasteiger partial charge in [-0.2, -0.15) is 5.26 Å². The first-order valence-corrected chi connectivity index (χ1v) is 3.95. The van der Waals surface area contributed by atoms with Gasteiger partial charge in [0.1, 0.15) is 0 Å². The molecule has 1 fully saturated rings. The van der Waals surface area contributed by atoms with Crippen LogP contribution in [0.2, 0.25) is 0 Å². The molecule has 1 aliphatic heterocycles. The van der Waals surface area contributed by atoms with E-state index in [1.165, 1.54) is 0 Å². The molecule has 11 heavy (non-hydrogen) atoms. The van der Waals surface area contributed by atoms with E-state index in [9.17, 15) is 4.79 Å². The molecule has 0 bridgehead atoms. The molecule has 1 unspecified atom stereocenters. The Morgan fingerprint density at radius 2 is 2.55 bits per heavy atom. The van der Waals surface area contributed by atoms with Crippen LogP contribution in [0.25, 0.3) is 0 Å². The van der Waals surface area contributed by atoms with Crippen LogP contribution >= 0.6 is 0 Å². The maximum absolute atomic E-state index is 11.2. The van der Waals surface area contributed by atoms with E-state index < -0.39 is 0 Å². The predicted octanol–water partition coefficient (Wildman–Crippen LogP) is 0.768. The molecule has 1 atom stereocenters. The largest absolute Gasteiger partial charge is 0.343 e. The minimum Gasteiger partial charge on any atom is -0.343 e. The minimum atomic E-state index is -0.0368. The van der Waals surface area contributed by atoms with E-state index in [0.717, 1.165) is 19.5 Å². The van der Waals surface area contributed by atoms with Crippen LogP contribution in [0.1, 0.15) is 19.8 Å². The first-order valence-electron chi connectivity index (χ1n) is 3.95. The Morgan fingerprint density at radius 1 is 1.82 bits per heavy atom. The van der Waals surface area contributed by atoms with E-state index in [1.807, 2.05) is 6.92 Å². The lowest BCUT2D eigenvalue weighted by molar-refractivity contribution is -0.134. The zero-order valence-corrected chi connectivity index (χ0v) is 6.71. The molecule has 60 valence electrons. The van der Waals surface area contributed by atoms with Crippen LogP contribution in [0.5, 0.6) is 0 Å². The van der Waals surface area contributed by atoms with Crippen molar-refractivity contribution in [3.8, 4) is 6.07 Å². The summed E-state index contributed by atoms with van der Waals surface area (Å²) in [7, 11) is 0. The van der Waals surface area contributed by atoms with E-state index in [4.69, 9.17) is 5.26 Å². The Bertz CT molecular complexity index is 195. The maximum atomic E-state index is 11.2. The lowest BCUT2D eigenvalue weighted by atomic mass is 9.98. The summed E-state index contributed by atoms with van der Waals surface area (Å²) in [6.07, 6.45) is 1.26. The Kier molecular flexibility index (Phi) is 2.48. The topological polar surface area (TPSA) is 44.1 Å². The molecule has 1 heterocycles. The highest BCUT2D eigenvalue weighted by molar-refractivity contribution is 5.77. The molecule has 0 N–H and O–H groups in total. The van der Waals surface area contributed by atoms with Crippen LogP contribution < -0.4 is 0 Å². The van der Waals surface area contributed by atoms with E-state index in [-0.39, 0.29) is 11.8 Å². The number of piperidine rings is 1. The summed E-state index contributed by atoms with van der Waals surface area (Å²) >= 11 is 0. The Labute approximate surface area is 66.6 Å². The predicted molar refractivity (Wildman–Crippen MR) is 40.6 cm³/mol. The molecule has 1 aliphatic rings. The number of nitrogens with zero attached hydrogens (tertiary/aromatic N) is 2. The summed E-state index contributed by atoms with van der Waals surface area (Å²) in [6.45, 7) is 3.50. The number of rotatable bonds is 1. The van der Waals surface area contributed by atoms with Gasteiger partial charge in [0, 0.05) is 19.5 Å². The monoisotopic (exact) mass is 152 g/mol. The van der Waals surface area contributed by atoms with Gasteiger partial charge in [0.25, 0.3) is 0 Å². The van der Waals surface area contributed by atoms with Crippen molar-refractivity contribution in [3.63, 3.8) is 0 Å². The lowest BCUT2D eigenvalue weighted by Crippen LogP contribution is -2.38.